The molecule has 2 unspecified atom stereocenters. The largest absolute Gasteiger partial charge is 0.0836 e. The molecule has 0 fully saturated rings. The Labute approximate surface area is 136 Å². The van der Waals surface area contributed by atoms with Crippen molar-refractivity contribution in [1.82, 2.24) is 0 Å². The molecule has 1 aliphatic rings. The first-order valence-electron chi connectivity index (χ1n) is 8.10. The number of hydrogen-bond acceptors (Lipinski definition) is 0. The van der Waals surface area contributed by atoms with Gasteiger partial charge < -0.3 is 0 Å². The summed E-state index contributed by atoms with van der Waals surface area (Å²) in [6, 6.07) is 19.8. The van der Waals surface area contributed by atoms with Crippen LogP contribution in [0.5, 0.6) is 0 Å². The fourth-order valence-corrected chi connectivity index (χ4v) is 4.46. The van der Waals surface area contributed by atoms with Gasteiger partial charge in [-0.1, -0.05) is 70.5 Å². The molecule has 2 atom stereocenters. The Morgan fingerprint density at radius 2 is 1.71 bits per heavy atom. The molecule has 2 aromatic carbocycles. The van der Waals surface area contributed by atoms with E-state index in [4.69, 9.17) is 0 Å². The van der Waals surface area contributed by atoms with Crippen LogP contribution in [0.15, 0.2) is 54.6 Å². The van der Waals surface area contributed by atoms with Crippen LogP contribution in [-0.4, -0.2) is 0 Å². The van der Waals surface area contributed by atoms with Crippen molar-refractivity contribution in [1.29, 1.82) is 0 Å². The highest BCUT2D eigenvalue weighted by atomic mass is 79.9. The van der Waals surface area contributed by atoms with E-state index in [1.165, 1.54) is 49.7 Å². The lowest BCUT2D eigenvalue weighted by molar-refractivity contribution is 0.430. The molecule has 0 nitrogen and oxygen atoms in total. The quantitative estimate of drug-likeness (QED) is 0.465. The van der Waals surface area contributed by atoms with Crippen molar-refractivity contribution >= 4 is 15.9 Å². The van der Waals surface area contributed by atoms with Crippen molar-refractivity contribution in [3.05, 3.63) is 71.3 Å². The van der Waals surface area contributed by atoms with Crippen molar-refractivity contribution in [2.24, 2.45) is 5.92 Å². The summed E-state index contributed by atoms with van der Waals surface area (Å²) in [5.41, 5.74) is 4.54. The van der Waals surface area contributed by atoms with Gasteiger partial charge in [0.05, 0.1) is 0 Å². The lowest BCUT2D eigenvalue weighted by Gasteiger charge is -2.21. The Balaban J connectivity index is 1.61. The topological polar surface area (TPSA) is 0 Å². The second-order valence-corrected chi connectivity index (χ2v) is 7.12. The third-order valence-electron chi connectivity index (χ3n) is 4.67. The number of benzene rings is 2. The zero-order chi connectivity index (χ0) is 14.5. The highest BCUT2D eigenvalue weighted by Gasteiger charge is 2.24. The number of rotatable bonds is 4. The minimum atomic E-state index is 0.534. The minimum Gasteiger partial charge on any atom is -0.0836 e. The lowest BCUT2D eigenvalue weighted by atomic mass is 9.91. The van der Waals surface area contributed by atoms with E-state index in [2.05, 4.69) is 70.5 Å². The van der Waals surface area contributed by atoms with Gasteiger partial charge in [0.15, 0.2) is 0 Å². The Hall–Kier alpha value is -1.08. The van der Waals surface area contributed by atoms with Gasteiger partial charge in [-0.05, 0) is 61.1 Å². The molecular weight excluding hydrogens is 320 g/mol. The van der Waals surface area contributed by atoms with Crippen LogP contribution in [0.3, 0.4) is 0 Å². The SMILES string of the molecule is BrC1c2ccccc2CCCC1CCCc1ccccc1. The standard InChI is InChI=1S/C20H23Br/c21-20-18(13-6-10-16-8-2-1-3-9-16)14-7-12-17-11-4-5-15-19(17)20/h1-5,8-9,11,15,18,20H,6-7,10,12-14H2. The van der Waals surface area contributed by atoms with Crippen LogP contribution < -0.4 is 0 Å². The molecule has 0 spiro atoms. The summed E-state index contributed by atoms with van der Waals surface area (Å²) in [4.78, 5) is 0.534. The third kappa shape index (κ3) is 3.77. The molecule has 0 aliphatic heterocycles. The molecule has 2 aromatic rings. The highest BCUT2D eigenvalue weighted by molar-refractivity contribution is 9.09. The third-order valence-corrected chi connectivity index (χ3v) is 5.91. The summed E-state index contributed by atoms with van der Waals surface area (Å²) in [5, 5.41) is 0. The summed E-state index contributed by atoms with van der Waals surface area (Å²) in [5.74, 6) is 0.775. The van der Waals surface area contributed by atoms with Crippen LogP contribution in [0.2, 0.25) is 0 Å². The fourth-order valence-electron chi connectivity index (χ4n) is 3.49. The molecule has 0 saturated heterocycles. The second-order valence-electron chi connectivity index (χ2n) is 6.13. The number of aryl methyl sites for hydroxylation is 2. The van der Waals surface area contributed by atoms with Gasteiger partial charge in [0, 0.05) is 4.83 Å². The molecule has 1 aliphatic carbocycles. The van der Waals surface area contributed by atoms with Crippen molar-refractivity contribution in [3.63, 3.8) is 0 Å². The molecule has 1 heteroatoms. The van der Waals surface area contributed by atoms with Gasteiger partial charge in [-0.2, -0.15) is 0 Å². The number of halogens is 1. The highest BCUT2D eigenvalue weighted by Crippen LogP contribution is 2.41. The van der Waals surface area contributed by atoms with Crippen molar-refractivity contribution < 1.29 is 0 Å². The van der Waals surface area contributed by atoms with Crippen LogP contribution in [0, 0.1) is 5.92 Å². The first kappa shape index (κ1) is 14.8. The van der Waals surface area contributed by atoms with Crippen LogP contribution in [0.4, 0.5) is 0 Å². The molecule has 3 rings (SSSR count). The maximum absolute atomic E-state index is 3.99. The molecule has 110 valence electrons. The molecule has 0 saturated carbocycles. The van der Waals surface area contributed by atoms with Gasteiger partial charge in [-0.25, -0.2) is 0 Å². The summed E-state index contributed by atoms with van der Waals surface area (Å²) < 4.78 is 0. The Morgan fingerprint density at radius 3 is 2.57 bits per heavy atom. The number of alkyl halides is 1. The van der Waals surface area contributed by atoms with E-state index in [9.17, 15) is 0 Å². The van der Waals surface area contributed by atoms with Gasteiger partial charge in [0.25, 0.3) is 0 Å². The molecule has 0 radical (unpaired) electrons. The maximum atomic E-state index is 3.99. The maximum Gasteiger partial charge on any atom is 0.0426 e. The summed E-state index contributed by atoms with van der Waals surface area (Å²) in [6.07, 6.45) is 7.73. The average Bonchev–Trinajstić information content (AvgIpc) is 2.69. The van der Waals surface area contributed by atoms with E-state index >= 15 is 0 Å². The molecule has 21 heavy (non-hydrogen) atoms. The number of fused-ring (bicyclic) bond motifs is 1. The van der Waals surface area contributed by atoms with Crippen molar-refractivity contribution in [2.45, 2.75) is 43.4 Å². The molecule has 0 bridgehead atoms. The zero-order valence-electron chi connectivity index (χ0n) is 12.5. The summed E-state index contributed by atoms with van der Waals surface area (Å²) in [7, 11) is 0. The van der Waals surface area contributed by atoms with Crippen LogP contribution in [0.25, 0.3) is 0 Å². The predicted molar refractivity (Wildman–Crippen MR) is 93.9 cm³/mol. The predicted octanol–water partition coefficient (Wildman–Crippen LogP) is 6.10. The van der Waals surface area contributed by atoms with Gasteiger partial charge in [0.1, 0.15) is 0 Å². The van der Waals surface area contributed by atoms with Gasteiger partial charge in [-0.3, -0.25) is 0 Å². The van der Waals surface area contributed by atoms with Crippen molar-refractivity contribution in [2.75, 3.05) is 0 Å². The Kier molecular flexibility index (Phi) is 5.13. The van der Waals surface area contributed by atoms with E-state index in [0.29, 0.717) is 4.83 Å². The number of hydrogen-bond donors (Lipinski definition) is 0. The first-order valence-corrected chi connectivity index (χ1v) is 9.02. The minimum absolute atomic E-state index is 0.534. The summed E-state index contributed by atoms with van der Waals surface area (Å²) in [6.45, 7) is 0. The van der Waals surface area contributed by atoms with Crippen LogP contribution in [0.1, 0.15) is 47.2 Å². The van der Waals surface area contributed by atoms with Gasteiger partial charge in [-0.15, -0.1) is 0 Å². The molecule has 0 amide bonds. The molecule has 0 N–H and O–H groups in total. The van der Waals surface area contributed by atoms with E-state index in [0.717, 1.165) is 5.92 Å². The monoisotopic (exact) mass is 342 g/mol. The second kappa shape index (κ2) is 7.26. The van der Waals surface area contributed by atoms with E-state index in [1.54, 1.807) is 5.56 Å². The lowest BCUT2D eigenvalue weighted by Crippen LogP contribution is -2.07. The van der Waals surface area contributed by atoms with Crippen LogP contribution >= 0.6 is 15.9 Å². The summed E-state index contributed by atoms with van der Waals surface area (Å²) >= 11 is 3.99. The van der Waals surface area contributed by atoms with Crippen molar-refractivity contribution in [3.8, 4) is 0 Å². The zero-order valence-corrected chi connectivity index (χ0v) is 14.1. The Bertz CT molecular complexity index is 561. The van der Waals surface area contributed by atoms with E-state index in [1.807, 2.05) is 0 Å². The van der Waals surface area contributed by atoms with Crippen LogP contribution in [-0.2, 0) is 12.8 Å². The fraction of sp³-hybridized carbons (Fsp3) is 0.400. The van der Waals surface area contributed by atoms with E-state index < -0.39 is 0 Å². The smallest absolute Gasteiger partial charge is 0.0426 e. The van der Waals surface area contributed by atoms with Gasteiger partial charge >= 0.3 is 0 Å². The molecule has 0 aromatic heterocycles. The van der Waals surface area contributed by atoms with E-state index in [-0.39, 0.29) is 0 Å². The normalized spacial score (nSPS) is 21.6. The molecular formula is C20H23Br. The first-order chi connectivity index (χ1) is 10.3. The molecule has 0 heterocycles. The van der Waals surface area contributed by atoms with Gasteiger partial charge in [0.2, 0.25) is 0 Å². The average molecular weight is 343 g/mol. The Morgan fingerprint density at radius 1 is 0.952 bits per heavy atom.